The van der Waals surface area contributed by atoms with Crippen LogP contribution in [-0.2, 0) is 9.53 Å². The predicted octanol–water partition coefficient (Wildman–Crippen LogP) is 1.21. The highest BCUT2D eigenvalue weighted by molar-refractivity contribution is 5.71. The van der Waals surface area contributed by atoms with E-state index in [4.69, 9.17) is 15.2 Å². The standard InChI is InChI=1S/C10H13NO3/c1-2-13-10(12)7-14-9-6-4-3-5-8(9)11/h3-6H,2,7,11H2,1H3. The van der Waals surface area contributed by atoms with Crippen molar-refractivity contribution in [3.63, 3.8) is 0 Å². The van der Waals surface area contributed by atoms with E-state index < -0.39 is 5.97 Å². The van der Waals surface area contributed by atoms with E-state index in [2.05, 4.69) is 0 Å². The molecule has 0 aliphatic heterocycles. The number of nitrogen functional groups attached to an aromatic ring is 1. The van der Waals surface area contributed by atoms with Crippen molar-refractivity contribution < 1.29 is 14.3 Å². The first-order valence-corrected chi connectivity index (χ1v) is 4.37. The average molecular weight is 195 g/mol. The van der Waals surface area contributed by atoms with Crippen molar-refractivity contribution in [1.82, 2.24) is 0 Å². The molecule has 0 aliphatic rings. The number of carbonyl (C=O) groups excluding carboxylic acids is 1. The summed E-state index contributed by atoms with van der Waals surface area (Å²) in [5.41, 5.74) is 6.11. The predicted molar refractivity (Wildman–Crippen MR) is 53.0 cm³/mol. The molecule has 0 aromatic heterocycles. The Morgan fingerprint density at radius 3 is 2.79 bits per heavy atom. The molecule has 4 heteroatoms. The lowest BCUT2D eigenvalue weighted by Crippen LogP contribution is -2.15. The third kappa shape index (κ3) is 2.97. The third-order valence-corrected chi connectivity index (χ3v) is 1.57. The number of para-hydroxylation sites is 2. The number of hydrogen-bond donors (Lipinski definition) is 1. The van der Waals surface area contributed by atoms with Crippen molar-refractivity contribution in [2.75, 3.05) is 18.9 Å². The molecule has 0 unspecified atom stereocenters. The fourth-order valence-corrected chi connectivity index (χ4v) is 0.951. The lowest BCUT2D eigenvalue weighted by Gasteiger charge is -2.07. The van der Waals surface area contributed by atoms with E-state index in [1.807, 2.05) is 0 Å². The SMILES string of the molecule is CCOC(=O)COc1ccccc1N. The van der Waals surface area contributed by atoms with E-state index in [9.17, 15) is 4.79 Å². The fraction of sp³-hybridized carbons (Fsp3) is 0.300. The monoisotopic (exact) mass is 195 g/mol. The maximum Gasteiger partial charge on any atom is 0.344 e. The summed E-state index contributed by atoms with van der Waals surface area (Å²) in [7, 11) is 0. The van der Waals surface area contributed by atoms with Crippen LogP contribution < -0.4 is 10.5 Å². The molecule has 0 heterocycles. The van der Waals surface area contributed by atoms with Gasteiger partial charge in [-0.05, 0) is 19.1 Å². The zero-order valence-electron chi connectivity index (χ0n) is 8.03. The van der Waals surface area contributed by atoms with Gasteiger partial charge in [0.25, 0.3) is 0 Å². The second kappa shape index (κ2) is 5.11. The Balaban J connectivity index is 2.46. The van der Waals surface area contributed by atoms with Crippen molar-refractivity contribution in [3.8, 4) is 5.75 Å². The molecular weight excluding hydrogens is 182 g/mol. The van der Waals surface area contributed by atoms with Gasteiger partial charge in [0, 0.05) is 0 Å². The summed E-state index contributed by atoms with van der Waals surface area (Å²) in [6, 6.07) is 7.00. The first-order valence-electron chi connectivity index (χ1n) is 4.37. The number of nitrogens with two attached hydrogens (primary N) is 1. The molecule has 0 saturated carbocycles. The second-order valence-corrected chi connectivity index (χ2v) is 2.63. The Bertz CT molecular complexity index is 312. The van der Waals surface area contributed by atoms with Gasteiger partial charge in [-0.15, -0.1) is 0 Å². The Kier molecular flexibility index (Phi) is 3.79. The molecule has 1 aromatic rings. The van der Waals surface area contributed by atoms with Gasteiger partial charge < -0.3 is 15.2 Å². The van der Waals surface area contributed by atoms with Crippen molar-refractivity contribution in [1.29, 1.82) is 0 Å². The Hall–Kier alpha value is -1.71. The van der Waals surface area contributed by atoms with Crippen LogP contribution in [0.15, 0.2) is 24.3 Å². The summed E-state index contributed by atoms with van der Waals surface area (Å²) in [4.78, 5) is 10.9. The van der Waals surface area contributed by atoms with Gasteiger partial charge in [-0.3, -0.25) is 0 Å². The minimum atomic E-state index is -0.393. The molecular formula is C10H13NO3. The Morgan fingerprint density at radius 1 is 1.43 bits per heavy atom. The van der Waals surface area contributed by atoms with E-state index in [1.54, 1.807) is 31.2 Å². The Labute approximate surface area is 82.6 Å². The van der Waals surface area contributed by atoms with Crippen LogP contribution in [0.3, 0.4) is 0 Å². The summed E-state index contributed by atoms with van der Waals surface area (Å²) in [5.74, 6) is 0.108. The first kappa shape index (κ1) is 10.4. The number of ether oxygens (including phenoxy) is 2. The van der Waals surface area contributed by atoms with Crippen LogP contribution in [0.2, 0.25) is 0 Å². The average Bonchev–Trinajstić information content (AvgIpc) is 2.17. The maximum absolute atomic E-state index is 10.9. The van der Waals surface area contributed by atoms with Gasteiger partial charge in [-0.25, -0.2) is 4.79 Å². The summed E-state index contributed by atoms with van der Waals surface area (Å²) in [6.07, 6.45) is 0. The molecule has 0 aliphatic carbocycles. The van der Waals surface area contributed by atoms with E-state index >= 15 is 0 Å². The molecule has 0 atom stereocenters. The number of benzene rings is 1. The maximum atomic E-state index is 10.9. The minimum absolute atomic E-state index is 0.109. The van der Waals surface area contributed by atoms with Gasteiger partial charge in [0.2, 0.25) is 0 Å². The van der Waals surface area contributed by atoms with Crippen LogP contribution in [-0.4, -0.2) is 19.2 Å². The van der Waals surface area contributed by atoms with E-state index in [1.165, 1.54) is 0 Å². The van der Waals surface area contributed by atoms with E-state index in [0.717, 1.165) is 0 Å². The summed E-state index contributed by atoms with van der Waals surface area (Å²) in [6.45, 7) is 1.99. The lowest BCUT2D eigenvalue weighted by molar-refractivity contribution is -0.145. The third-order valence-electron chi connectivity index (χ3n) is 1.57. The zero-order chi connectivity index (χ0) is 10.4. The quantitative estimate of drug-likeness (QED) is 0.579. The molecule has 0 radical (unpaired) electrons. The topological polar surface area (TPSA) is 61.5 Å². The molecule has 4 nitrogen and oxygen atoms in total. The van der Waals surface area contributed by atoms with Crippen LogP contribution in [0.25, 0.3) is 0 Å². The van der Waals surface area contributed by atoms with Gasteiger partial charge in [-0.2, -0.15) is 0 Å². The minimum Gasteiger partial charge on any atom is -0.480 e. The first-order chi connectivity index (χ1) is 6.74. The van der Waals surface area contributed by atoms with Crippen LogP contribution in [0, 0.1) is 0 Å². The molecule has 0 fully saturated rings. The van der Waals surface area contributed by atoms with Gasteiger partial charge >= 0.3 is 5.97 Å². The number of rotatable bonds is 4. The smallest absolute Gasteiger partial charge is 0.344 e. The molecule has 14 heavy (non-hydrogen) atoms. The molecule has 0 bridgehead atoms. The van der Waals surface area contributed by atoms with Crippen LogP contribution in [0.5, 0.6) is 5.75 Å². The zero-order valence-corrected chi connectivity index (χ0v) is 8.03. The molecule has 0 saturated heterocycles. The molecule has 1 aromatic carbocycles. The molecule has 1 rings (SSSR count). The van der Waals surface area contributed by atoms with Crippen molar-refractivity contribution in [2.45, 2.75) is 6.92 Å². The molecule has 76 valence electrons. The van der Waals surface area contributed by atoms with Gasteiger partial charge in [0.15, 0.2) is 6.61 Å². The van der Waals surface area contributed by atoms with Crippen LogP contribution in [0.1, 0.15) is 6.92 Å². The number of esters is 1. The van der Waals surface area contributed by atoms with Crippen molar-refractivity contribution in [3.05, 3.63) is 24.3 Å². The summed E-state index contributed by atoms with van der Waals surface area (Å²) >= 11 is 0. The highest BCUT2D eigenvalue weighted by atomic mass is 16.6. The van der Waals surface area contributed by atoms with Crippen LogP contribution in [0.4, 0.5) is 5.69 Å². The normalized spacial score (nSPS) is 9.50. The van der Waals surface area contributed by atoms with E-state index in [0.29, 0.717) is 18.0 Å². The summed E-state index contributed by atoms with van der Waals surface area (Å²) in [5, 5.41) is 0. The second-order valence-electron chi connectivity index (χ2n) is 2.63. The summed E-state index contributed by atoms with van der Waals surface area (Å²) < 4.78 is 9.85. The highest BCUT2D eigenvalue weighted by Gasteiger charge is 2.04. The van der Waals surface area contributed by atoms with Gasteiger partial charge in [0.1, 0.15) is 5.75 Å². The molecule has 0 spiro atoms. The molecule has 2 N–H and O–H groups in total. The largest absolute Gasteiger partial charge is 0.480 e. The number of anilines is 1. The highest BCUT2D eigenvalue weighted by Crippen LogP contribution is 2.19. The van der Waals surface area contributed by atoms with Gasteiger partial charge in [0.05, 0.1) is 12.3 Å². The fourth-order valence-electron chi connectivity index (χ4n) is 0.951. The van der Waals surface area contributed by atoms with Crippen LogP contribution >= 0.6 is 0 Å². The number of carbonyl (C=O) groups is 1. The Morgan fingerprint density at radius 2 is 2.14 bits per heavy atom. The lowest BCUT2D eigenvalue weighted by atomic mass is 10.3. The number of hydrogen-bond acceptors (Lipinski definition) is 4. The molecule has 0 amide bonds. The van der Waals surface area contributed by atoms with Crippen molar-refractivity contribution >= 4 is 11.7 Å². The van der Waals surface area contributed by atoms with Gasteiger partial charge in [-0.1, -0.05) is 12.1 Å². The van der Waals surface area contributed by atoms with Crippen molar-refractivity contribution in [2.24, 2.45) is 0 Å². The van der Waals surface area contributed by atoms with E-state index in [-0.39, 0.29) is 6.61 Å².